The van der Waals surface area contributed by atoms with Gasteiger partial charge in [-0.3, -0.25) is 9.59 Å². The van der Waals surface area contributed by atoms with Crippen molar-refractivity contribution < 1.29 is 9.59 Å². The Morgan fingerprint density at radius 2 is 1.64 bits per heavy atom. The number of carbonyl (C=O) groups is 2. The topological polar surface area (TPSA) is 69.6 Å². The number of aromatic nitrogens is 2. The second kappa shape index (κ2) is 6.29. The molecule has 0 aromatic carbocycles. The molecule has 0 radical (unpaired) electrons. The SMILES string of the molecule is CC(=O)N1CCN(c2cc(C(=O)N3CCCC3)ncn2)CC1. The van der Waals surface area contributed by atoms with Crippen LogP contribution in [-0.4, -0.2) is 70.9 Å². The van der Waals surface area contributed by atoms with Gasteiger partial charge in [-0.15, -0.1) is 0 Å². The Morgan fingerprint density at radius 1 is 0.955 bits per heavy atom. The summed E-state index contributed by atoms with van der Waals surface area (Å²) in [5, 5.41) is 0. The summed E-state index contributed by atoms with van der Waals surface area (Å²) in [6, 6.07) is 1.77. The fraction of sp³-hybridized carbons (Fsp3) is 0.600. The molecule has 0 N–H and O–H groups in total. The van der Waals surface area contributed by atoms with Crippen LogP contribution in [0.5, 0.6) is 0 Å². The van der Waals surface area contributed by atoms with Crippen molar-refractivity contribution >= 4 is 17.6 Å². The number of rotatable bonds is 2. The van der Waals surface area contributed by atoms with Crippen LogP contribution >= 0.6 is 0 Å². The van der Waals surface area contributed by atoms with Crippen LogP contribution in [0.1, 0.15) is 30.3 Å². The van der Waals surface area contributed by atoms with E-state index in [0.717, 1.165) is 44.8 Å². The average Bonchev–Trinajstić information content (AvgIpc) is 3.09. The molecule has 3 heterocycles. The van der Waals surface area contributed by atoms with Crippen molar-refractivity contribution in [3.63, 3.8) is 0 Å². The van der Waals surface area contributed by atoms with Crippen LogP contribution in [0.2, 0.25) is 0 Å². The van der Waals surface area contributed by atoms with Gasteiger partial charge in [-0.1, -0.05) is 0 Å². The lowest BCUT2D eigenvalue weighted by atomic mass is 10.3. The monoisotopic (exact) mass is 303 g/mol. The van der Waals surface area contributed by atoms with Gasteiger partial charge in [0.1, 0.15) is 17.8 Å². The fourth-order valence-electron chi connectivity index (χ4n) is 2.97. The number of piperazine rings is 1. The first-order valence-corrected chi connectivity index (χ1v) is 7.77. The molecule has 1 aromatic rings. The first-order valence-electron chi connectivity index (χ1n) is 7.77. The lowest BCUT2D eigenvalue weighted by molar-refractivity contribution is -0.129. The minimum Gasteiger partial charge on any atom is -0.353 e. The molecule has 2 fully saturated rings. The zero-order valence-corrected chi connectivity index (χ0v) is 12.9. The molecule has 2 amide bonds. The lowest BCUT2D eigenvalue weighted by Crippen LogP contribution is -2.48. The van der Waals surface area contributed by atoms with Crippen molar-refractivity contribution in [2.24, 2.45) is 0 Å². The summed E-state index contributed by atoms with van der Waals surface area (Å²) in [4.78, 5) is 37.9. The van der Waals surface area contributed by atoms with E-state index >= 15 is 0 Å². The Labute approximate surface area is 129 Å². The third kappa shape index (κ3) is 3.03. The van der Waals surface area contributed by atoms with Crippen molar-refractivity contribution in [1.29, 1.82) is 0 Å². The highest BCUT2D eigenvalue weighted by Gasteiger charge is 2.23. The summed E-state index contributed by atoms with van der Waals surface area (Å²) in [5.41, 5.74) is 0.459. The molecule has 7 heteroatoms. The van der Waals surface area contributed by atoms with Crippen molar-refractivity contribution in [3.05, 3.63) is 18.1 Å². The molecule has 0 saturated carbocycles. The van der Waals surface area contributed by atoms with E-state index in [1.54, 1.807) is 13.0 Å². The van der Waals surface area contributed by atoms with Crippen LogP contribution in [0.4, 0.5) is 5.82 Å². The van der Waals surface area contributed by atoms with E-state index in [1.165, 1.54) is 6.33 Å². The third-order valence-electron chi connectivity index (χ3n) is 4.31. The highest BCUT2D eigenvalue weighted by atomic mass is 16.2. The summed E-state index contributed by atoms with van der Waals surface area (Å²) >= 11 is 0. The molecule has 0 bridgehead atoms. The number of likely N-dealkylation sites (tertiary alicyclic amines) is 1. The summed E-state index contributed by atoms with van der Waals surface area (Å²) in [7, 11) is 0. The van der Waals surface area contributed by atoms with E-state index in [4.69, 9.17) is 0 Å². The molecule has 1 aromatic heterocycles. The van der Waals surface area contributed by atoms with E-state index in [1.807, 2.05) is 9.80 Å². The second-order valence-corrected chi connectivity index (χ2v) is 5.75. The van der Waals surface area contributed by atoms with Crippen molar-refractivity contribution in [2.45, 2.75) is 19.8 Å². The van der Waals surface area contributed by atoms with E-state index in [2.05, 4.69) is 14.9 Å². The van der Waals surface area contributed by atoms with E-state index < -0.39 is 0 Å². The first-order chi connectivity index (χ1) is 10.6. The maximum Gasteiger partial charge on any atom is 0.272 e. The highest BCUT2D eigenvalue weighted by molar-refractivity contribution is 5.93. The van der Waals surface area contributed by atoms with Crippen LogP contribution in [-0.2, 0) is 4.79 Å². The third-order valence-corrected chi connectivity index (χ3v) is 4.31. The van der Waals surface area contributed by atoms with Gasteiger partial charge < -0.3 is 14.7 Å². The van der Waals surface area contributed by atoms with E-state index in [9.17, 15) is 9.59 Å². The molecule has 2 aliphatic heterocycles. The van der Waals surface area contributed by atoms with Gasteiger partial charge in [-0.2, -0.15) is 0 Å². The van der Waals surface area contributed by atoms with Crippen LogP contribution in [0.25, 0.3) is 0 Å². The maximum atomic E-state index is 12.4. The minimum absolute atomic E-state index is 0.0106. The second-order valence-electron chi connectivity index (χ2n) is 5.75. The number of nitrogens with zero attached hydrogens (tertiary/aromatic N) is 5. The number of hydrogen-bond donors (Lipinski definition) is 0. The van der Waals surface area contributed by atoms with Gasteiger partial charge in [0.05, 0.1) is 0 Å². The Kier molecular flexibility index (Phi) is 4.22. The molecular formula is C15H21N5O2. The minimum atomic E-state index is -0.0106. The molecule has 3 rings (SSSR count). The predicted octanol–water partition coefficient (Wildman–Crippen LogP) is 0.381. The van der Waals surface area contributed by atoms with Crippen LogP contribution in [0.3, 0.4) is 0 Å². The molecule has 0 unspecified atom stereocenters. The average molecular weight is 303 g/mol. The number of anilines is 1. The largest absolute Gasteiger partial charge is 0.353 e. The molecule has 0 spiro atoms. The Balaban J connectivity index is 1.69. The quantitative estimate of drug-likeness (QED) is 0.790. The first kappa shape index (κ1) is 14.7. The number of amides is 2. The van der Waals surface area contributed by atoms with Crippen molar-refractivity contribution in [3.8, 4) is 0 Å². The molecular weight excluding hydrogens is 282 g/mol. The molecule has 0 aliphatic carbocycles. The zero-order chi connectivity index (χ0) is 15.5. The zero-order valence-electron chi connectivity index (χ0n) is 12.9. The normalized spacial score (nSPS) is 18.7. The maximum absolute atomic E-state index is 12.4. The Hall–Kier alpha value is -2.18. The van der Waals surface area contributed by atoms with Crippen molar-refractivity contribution in [1.82, 2.24) is 19.8 Å². The predicted molar refractivity (Wildman–Crippen MR) is 81.6 cm³/mol. The Bertz CT molecular complexity index is 563. The molecule has 2 aliphatic rings. The molecule has 22 heavy (non-hydrogen) atoms. The molecule has 2 saturated heterocycles. The van der Waals surface area contributed by atoms with Gasteiger partial charge in [0, 0.05) is 52.3 Å². The summed E-state index contributed by atoms with van der Waals surface area (Å²) in [6.07, 6.45) is 3.59. The van der Waals surface area contributed by atoms with Gasteiger partial charge in [-0.25, -0.2) is 9.97 Å². The summed E-state index contributed by atoms with van der Waals surface area (Å²) in [5.74, 6) is 0.858. The van der Waals surface area contributed by atoms with E-state index in [-0.39, 0.29) is 11.8 Å². The molecule has 7 nitrogen and oxygen atoms in total. The van der Waals surface area contributed by atoms with Crippen molar-refractivity contribution in [2.75, 3.05) is 44.2 Å². The van der Waals surface area contributed by atoms with Gasteiger partial charge in [-0.05, 0) is 12.8 Å². The fourth-order valence-corrected chi connectivity index (χ4v) is 2.97. The molecule has 118 valence electrons. The van der Waals surface area contributed by atoms with Crippen LogP contribution in [0, 0.1) is 0 Å². The van der Waals surface area contributed by atoms with Crippen LogP contribution in [0.15, 0.2) is 12.4 Å². The standard InChI is InChI=1S/C15H21N5O2/c1-12(21)18-6-8-19(9-7-18)14-10-13(16-11-17-14)15(22)20-4-2-3-5-20/h10-11H,2-9H2,1H3. The van der Waals surface area contributed by atoms with E-state index in [0.29, 0.717) is 18.8 Å². The summed E-state index contributed by atoms with van der Waals surface area (Å²) in [6.45, 7) is 6.06. The summed E-state index contributed by atoms with van der Waals surface area (Å²) < 4.78 is 0. The van der Waals surface area contributed by atoms with Gasteiger partial charge in [0.2, 0.25) is 5.91 Å². The van der Waals surface area contributed by atoms with Crippen LogP contribution < -0.4 is 4.90 Å². The van der Waals surface area contributed by atoms with Gasteiger partial charge in [0.25, 0.3) is 5.91 Å². The lowest BCUT2D eigenvalue weighted by Gasteiger charge is -2.34. The Morgan fingerprint density at radius 3 is 2.27 bits per heavy atom. The molecule has 0 atom stereocenters. The number of carbonyl (C=O) groups excluding carboxylic acids is 2. The van der Waals surface area contributed by atoms with Gasteiger partial charge in [0.15, 0.2) is 0 Å². The number of hydrogen-bond acceptors (Lipinski definition) is 5. The van der Waals surface area contributed by atoms with Gasteiger partial charge >= 0.3 is 0 Å². The highest BCUT2D eigenvalue weighted by Crippen LogP contribution is 2.17. The smallest absolute Gasteiger partial charge is 0.272 e.